The van der Waals surface area contributed by atoms with E-state index in [2.05, 4.69) is 5.10 Å². The van der Waals surface area contributed by atoms with Crippen LogP contribution >= 0.6 is 0 Å². The van der Waals surface area contributed by atoms with E-state index in [-0.39, 0.29) is 12.0 Å². The monoisotopic (exact) mass is 230 g/mol. The van der Waals surface area contributed by atoms with E-state index in [0.717, 1.165) is 11.4 Å². The molecule has 1 aromatic carbocycles. The lowest BCUT2D eigenvalue weighted by atomic mass is 10.2. The molecule has 0 N–H and O–H groups in total. The van der Waals surface area contributed by atoms with Crippen molar-refractivity contribution in [3.63, 3.8) is 0 Å². The van der Waals surface area contributed by atoms with Crippen LogP contribution in [-0.4, -0.2) is 15.7 Å². The van der Waals surface area contributed by atoms with Crippen LogP contribution in [0.5, 0.6) is 5.75 Å². The zero-order chi connectivity index (χ0) is 12.3. The van der Waals surface area contributed by atoms with Crippen molar-refractivity contribution in [2.75, 3.05) is 0 Å². The number of para-hydroxylation sites is 1. The molecule has 0 aliphatic carbocycles. The zero-order valence-corrected chi connectivity index (χ0v) is 9.83. The van der Waals surface area contributed by atoms with Gasteiger partial charge in [-0.25, -0.2) is 4.68 Å². The molecular formula is C13H14N2O2. The van der Waals surface area contributed by atoms with Gasteiger partial charge in [-0.2, -0.15) is 5.10 Å². The average Bonchev–Trinajstić information content (AvgIpc) is 2.79. The molecule has 0 aliphatic heterocycles. The molecule has 1 aromatic heterocycles. The minimum atomic E-state index is -0.219. The van der Waals surface area contributed by atoms with E-state index in [0.29, 0.717) is 0 Å². The van der Waals surface area contributed by atoms with Crippen LogP contribution in [0.15, 0.2) is 42.6 Å². The molecular weight excluding hydrogens is 216 g/mol. The Bertz CT molecular complexity index is 505. The van der Waals surface area contributed by atoms with E-state index < -0.39 is 0 Å². The van der Waals surface area contributed by atoms with E-state index in [1.165, 1.54) is 11.6 Å². The van der Waals surface area contributed by atoms with E-state index >= 15 is 0 Å². The fraction of sp³-hybridized carbons (Fsp3) is 0.231. The van der Waals surface area contributed by atoms with Gasteiger partial charge in [-0.15, -0.1) is 0 Å². The Morgan fingerprint density at radius 2 is 2.00 bits per heavy atom. The molecule has 0 saturated heterocycles. The summed E-state index contributed by atoms with van der Waals surface area (Å²) in [5, 5.41) is 3.97. The largest absolute Gasteiger partial charge is 0.484 e. The third-order valence-corrected chi connectivity index (χ3v) is 2.44. The Morgan fingerprint density at radius 1 is 1.29 bits per heavy atom. The first-order chi connectivity index (χ1) is 8.18. The first-order valence-electron chi connectivity index (χ1n) is 5.45. The number of carbonyl (C=O) groups excluding carboxylic acids is 1. The molecule has 1 unspecified atom stereocenters. The molecule has 0 amide bonds. The van der Waals surface area contributed by atoms with E-state index in [4.69, 9.17) is 4.74 Å². The summed E-state index contributed by atoms with van der Waals surface area (Å²) in [5.74, 6) is 0.657. The number of benzene rings is 1. The molecule has 0 radical (unpaired) electrons. The Hall–Kier alpha value is -2.10. The molecule has 2 rings (SSSR count). The Morgan fingerprint density at radius 3 is 2.65 bits per heavy atom. The first-order valence-corrected chi connectivity index (χ1v) is 5.45. The summed E-state index contributed by atoms with van der Waals surface area (Å²) in [7, 11) is 0. The van der Waals surface area contributed by atoms with E-state index in [1.54, 1.807) is 12.3 Å². The SMILES string of the molecule is CC(=O)n1nccc1C(C)Oc1ccccc1. The third kappa shape index (κ3) is 2.53. The molecule has 1 atom stereocenters. The minimum Gasteiger partial charge on any atom is -0.484 e. The smallest absolute Gasteiger partial charge is 0.244 e. The molecule has 17 heavy (non-hydrogen) atoms. The zero-order valence-electron chi connectivity index (χ0n) is 9.83. The highest BCUT2D eigenvalue weighted by Gasteiger charge is 2.14. The van der Waals surface area contributed by atoms with Crippen LogP contribution in [-0.2, 0) is 0 Å². The Kier molecular flexibility index (Phi) is 3.23. The predicted molar refractivity (Wildman–Crippen MR) is 64.0 cm³/mol. The maximum absolute atomic E-state index is 11.3. The summed E-state index contributed by atoms with van der Waals surface area (Å²) in [5.41, 5.74) is 0.751. The molecule has 2 aromatic rings. The van der Waals surface area contributed by atoms with Crippen molar-refractivity contribution in [3.8, 4) is 5.75 Å². The summed E-state index contributed by atoms with van der Waals surface area (Å²) in [4.78, 5) is 11.3. The van der Waals surface area contributed by atoms with Gasteiger partial charge in [0.05, 0.1) is 5.69 Å². The molecule has 1 heterocycles. The minimum absolute atomic E-state index is 0.117. The molecule has 0 fully saturated rings. The van der Waals surface area contributed by atoms with Gasteiger partial charge >= 0.3 is 0 Å². The summed E-state index contributed by atoms with van der Waals surface area (Å²) >= 11 is 0. The van der Waals surface area contributed by atoms with E-state index in [9.17, 15) is 4.79 Å². The van der Waals surface area contributed by atoms with Gasteiger partial charge in [-0.3, -0.25) is 4.79 Å². The third-order valence-electron chi connectivity index (χ3n) is 2.44. The van der Waals surface area contributed by atoms with Crippen molar-refractivity contribution in [2.24, 2.45) is 0 Å². The summed E-state index contributed by atoms with van der Waals surface area (Å²) in [6.45, 7) is 3.37. The van der Waals surface area contributed by atoms with Gasteiger partial charge in [-0.05, 0) is 25.1 Å². The van der Waals surface area contributed by atoms with Gasteiger partial charge in [0.1, 0.15) is 11.9 Å². The molecule has 0 bridgehead atoms. The van der Waals surface area contributed by atoms with Crippen LogP contribution in [0.2, 0.25) is 0 Å². The quantitative estimate of drug-likeness (QED) is 0.814. The van der Waals surface area contributed by atoms with Crippen LogP contribution in [0.4, 0.5) is 0 Å². The highest BCUT2D eigenvalue weighted by atomic mass is 16.5. The first kappa shape index (κ1) is 11.4. The van der Waals surface area contributed by atoms with Gasteiger partial charge in [-0.1, -0.05) is 18.2 Å². The van der Waals surface area contributed by atoms with Crippen molar-refractivity contribution in [1.29, 1.82) is 0 Å². The maximum Gasteiger partial charge on any atom is 0.244 e. The van der Waals surface area contributed by atoms with Crippen molar-refractivity contribution >= 4 is 5.91 Å². The van der Waals surface area contributed by atoms with Gasteiger partial charge < -0.3 is 4.74 Å². The highest BCUT2D eigenvalue weighted by molar-refractivity contribution is 5.75. The molecule has 0 saturated carbocycles. The second-order valence-corrected chi connectivity index (χ2v) is 3.76. The van der Waals surface area contributed by atoms with Crippen LogP contribution in [0.3, 0.4) is 0 Å². The topological polar surface area (TPSA) is 44.1 Å². The normalized spacial score (nSPS) is 12.1. The van der Waals surface area contributed by atoms with Gasteiger partial charge in [0.15, 0.2) is 0 Å². The number of carbonyl (C=O) groups is 1. The number of hydrogen-bond acceptors (Lipinski definition) is 3. The number of aromatic nitrogens is 2. The number of hydrogen-bond donors (Lipinski definition) is 0. The molecule has 0 aliphatic rings. The lowest BCUT2D eigenvalue weighted by Gasteiger charge is -2.15. The standard InChI is InChI=1S/C13H14N2O2/c1-10(17-12-6-4-3-5-7-12)13-8-9-14-15(13)11(2)16/h3-10H,1-2H3. The van der Waals surface area contributed by atoms with Crippen LogP contribution in [0.25, 0.3) is 0 Å². The van der Waals surface area contributed by atoms with Crippen molar-refractivity contribution < 1.29 is 9.53 Å². The predicted octanol–water partition coefficient (Wildman–Crippen LogP) is 2.68. The lowest BCUT2D eigenvalue weighted by molar-refractivity contribution is 0.0904. The second kappa shape index (κ2) is 4.82. The van der Waals surface area contributed by atoms with Crippen molar-refractivity contribution in [1.82, 2.24) is 9.78 Å². The molecule has 0 spiro atoms. The highest BCUT2D eigenvalue weighted by Crippen LogP contribution is 2.20. The molecule has 4 nitrogen and oxygen atoms in total. The van der Waals surface area contributed by atoms with Crippen molar-refractivity contribution in [2.45, 2.75) is 20.0 Å². The van der Waals surface area contributed by atoms with Gasteiger partial charge in [0, 0.05) is 13.1 Å². The molecule has 4 heteroatoms. The summed E-state index contributed by atoms with van der Waals surface area (Å²) in [6, 6.07) is 11.3. The lowest BCUT2D eigenvalue weighted by Crippen LogP contribution is -2.16. The summed E-state index contributed by atoms with van der Waals surface area (Å²) in [6.07, 6.45) is 1.38. The number of ether oxygens (including phenoxy) is 1. The van der Waals surface area contributed by atoms with Gasteiger partial charge in [0.2, 0.25) is 5.91 Å². The van der Waals surface area contributed by atoms with Crippen molar-refractivity contribution in [3.05, 3.63) is 48.3 Å². The second-order valence-electron chi connectivity index (χ2n) is 3.76. The number of nitrogens with zero attached hydrogens (tertiary/aromatic N) is 2. The summed E-state index contributed by atoms with van der Waals surface area (Å²) < 4.78 is 7.09. The fourth-order valence-electron chi connectivity index (χ4n) is 1.65. The number of rotatable bonds is 3. The maximum atomic E-state index is 11.3. The Balaban J connectivity index is 2.17. The van der Waals surface area contributed by atoms with Crippen LogP contribution in [0.1, 0.15) is 30.4 Å². The van der Waals surface area contributed by atoms with Crippen LogP contribution in [0, 0.1) is 0 Å². The fourth-order valence-corrected chi connectivity index (χ4v) is 1.65. The van der Waals surface area contributed by atoms with Gasteiger partial charge in [0.25, 0.3) is 0 Å². The molecule has 88 valence electrons. The Labute approximate surface area is 99.8 Å². The van der Waals surface area contributed by atoms with E-state index in [1.807, 2.05) is 37.3 Å². The van der Waals surface area contributed by atoms with Crippen LogP contribution < -0.4 is 4.74 Å². The average molecular weight is 230 g/mol.